The average molecular weight is 737 g/mol. The van der Waals surface area contributed by atoms with Crippen molar-refractivity contribution in [3.05, 3.63) is 57.8 Å². The van der Waals surface area contributed by atoms with Crippen LogP contribution in [-0.4, -0.2) is 91.4 Å². The third-order valence-corrected chi connectivity index (χ3v) is 9.48. The number of allylic oxidation sites excluding steroid dienone is 3. The molecule has 1 atom stereocenters. The van der Waals surface area contributed by atoms with Gasteiger partial charge in [-0.15, -0.1) is 0 Å². The molecule has 2 aliphatic heterocycles. The van der Waals surface area contributed by atoms with Crippen molar-refractivity contribution >= 4 is 34.5 Å². The number of fused-ring (bicyclic) bond motifs is 1. The monoisotopic (exact) mass is 736 g/mol. The molecular weight excluding hydrogens is 692 g/mol. The number of nitrogens with two attached hydrogens (primary N) is 1. The first-order chi connectivity index (χ1) is 24.3. The second-order valence-corrected chi connectivity index (χ2v) is 13.8. The van der Waals surface area contributed by atoms with Gasteiger partial charge in [-0.25, -0.2) is 9.38 Å². The number of aromatic nitrogens is 3. The van der Waals surface area contributed by atoms with Crippen molar-refractivity contribution in [3.63, 3.8) is 0 Å². The van der Waals surface area contributed by atoms with Crippen molar-refractivity contribution in [3.8, 4) is 11.9 Å². The smallest absolute Gasteiger partial charge is 0.410 e. The maximum absolute atomic E-state index is 16.1. The summed E-state index contributed by atoms with van der Waals surface area (Å²) in [7, 11) is 0. The van der Waals surface area contributed by atoms with Crippen LogP contribution in [0, 0.1) is 17.7 Å². The number of aliphatic imine (C=N–C) groups is 1. The molecule has 2 aliphatic rings. The largest absolute Gasteiger partial charge is 0.475 e. The third-order valence-electron chi connectivity index (χ3n) is 9.17. The molecule has 2 fully saturated rings. The molecule has 0 radical (unpaired) electrons. The first-order valence-electron chi connectivity index (χ1n) is 17.1. The van der Waals surface area contributed by atoms with Gasteiger partial charge in [0.15, 0.2) is 5.82 Å². The van der Waals surface area contributed by atoms with Gasteiger partial charge in [0.2, 0.25) is 0 Å². The number of anilines is 1. The van der Waals surface area contributed by atoms with E-state index >= 15 is 4.39 Å². The summed E-state index contributed by atoms with van der Waals surface area (Å²) < 4.78 is 71.5. The second-order valence-electron chi connectivity index (χ2n) is 13.4. The Morgan fingerprint density at radius 2 is 1.86 bits per heavy atom. The SMILES string of the molecule is CC(/C=C(N)\N=C\c1c(Cl)cc2c(N3CCNCC3)nc(OCCN3CCC(COc4cc(C(C)C(C)C)on4)CC3)nc2c1F)=C\C(F)(F)F. The molecule has 0 spiro atoms. The zero-order valence-electron chi connectivity index (χ0n) is 29.3. The van der Waals surface area contributed by atoms with Gasteiger partial charge in [0, 0.05) is 67.9 Å². The van der Waals surface area contributed by atoms with E-state index in [1.807, 2.05) is 11.0 Å². The normalized spacial score (nSPS) is 18.0. The van der Waals surface area contributed by atoms with Crippen molar-refractivity contribution in [1.29, 1.82) is 0 Å². The van der Waals surface area contributed by atoms with E-state index in [1.165, 1.54) is 6.92 Å². The molecule has 1 unspecified atom stereocenters. The van der Waals surface area contributed by atoms with Crippen LogP contribution in [0.3, 0.4) is 0 Å². The Morgan fingerprint density at radius 3 is 2.55 bits per heavy atom. The second kappa shape index (κ2) is 17.0. The van der Waals surface area contributed by atoms with E-state index in [2.05, 4.69) is 51.1 Å². The molecular formula is C35H45ClF4N8O3. The van der Waals surface area contributed by atoms with Gasteiger partial charge in [0.05, 0.1) is 11.6 Å². The van der Waals surface area contributed by atoms with Crippen molar-refractivity contribution in [2.75, 3.05) is 63.9 Å². The predicted octanol–water partition coefficient (Wildman–Crippen LogP) is 6.48. The Morgan fingerprint density at radius 1 is 1.14 bits per heavy atom. The molecule has 11 nitrogen and oxygen atoms in total. The van der Waals surface area contributed by atoms with Crippen LogP contribution in [0.4, 0.5) is 23.4 Å². The maximum atomic E-state index is 16.1. The van der Waals surface area contributed by atoms with Crippen LogP contribution in [0.25, 0.3) is 10.9 Å². The highest BCUT2D eigenvalue weighted by atomic mass is 35.5. The van der Waals surface area contributed by atoms with Crippen LogP contribution >= 0.6 is 11.6 Å². The summed E-state index contributed by atoms with van der Waals surface area (Å²) in [6.45, 7) is 13.6. The molecule has 0 bridgehead atoms. The number of halogens is 5. The van der Waals surface area contributed by atoms with E-state index in [1.54, 1.807) is 6.07 Å². The highest BCUT2D eigenvalue weighted by molar-refractivity contribution is 6.34. The van der Waals surface area contributed by atoms with Gasteiger partial charge < -0.3 is 29.9 Å². The lowest BCUT2D eigenvalue weighted by Gasteiger charge is -2.31. The molecule has 51 heavy (non-hydrogen) atoms. The number of rotatable bonds is 13. The molecule has 16 heteroatoms. The van der Waals surface area contributed by atoms with Crippen LogP contribution in [0.15, 0.2) is 45.2 Å². The van der Waals surface area contributed by atoms with Gasteiger partial charge >= 0.3 is 12.2 Å². The van der Waals surface area contributed by atoms with Crippen LogP contribution < -0.4 is 25.4 Å². The molecule has 2 saturated heterocycles. The first kappa shape index (κ1) is 38.3. The van der Waals surface area contributed by atoms with Crippen LogP contribution in [0.5, 0.6) is 11.9 Å². The topological polar surface area (TPSA) is 127 Å². The molecule has 3 aromatic rings. The number of nitrogens with one attached hydrogen (secondary N) is 1. The lowest BCUT2D eigenvalue weighted by molar-refractivity contribution is -0.0803. The standard InChI is InChI=1S/C35H45ClF4N8O3/c1-21(2)23(4)28-17-30(46-51-28)50-20-24-5-9-47(10-6-24)13-14-49-34-44-32-25(33(45-34)48-11-7-42-8-12-48)16-27(36)26(31(32)37)19-43-29(41)15-22(3)18-35(38,39)40/h15-19,21,23-24,42H,5-14,20,41H2,1-4H3/b22-18+,29-15-,43-19+. The number of hydrogen-bond donors (Lipinski definition) is 2. The Hall–Kier alpha value is -3.95. The number of ether oxygens (including phenoxy) is 2. The first-order valence-corrected chi connectivity index (χ1v) is 17.5. The molecule has 0 saturated carbocycles. The maximum Gasteiger partial charge on any atom is 0.410 e. The van der Waals surface area contributed by atoms with E-state index in [0.717, 1.165) is 44.0 Å². The molecule has 0 amide bonds. The zero-order valence-corrected chi connectivity index (χ0v) is 30.0. The van der Waals surface area contributed by atoms with Gasteiger partial charge in [-0.2, -0.15) is 23.1 Å². The summed E-state index contributed by atoms with van der Waals surface area (Å²) in [5, 5.41) is 7.79. The Bertz CT molecular complexity index is 1730. The van der Waals surface area contributed by atoms with Gasteiger partial charge in [-0.3, -0.25) is 4.90 Å². The average Bonchev–Trinajstić information content (AvgIpc) is 3.56. The molecule has 3 N–H and O–H groups in total. The number of hydrogen-bond acceptors (Lipinski definition) is 11. The number of piperazine rings is 1. The van der Waals surface area contributed by atoms with Crippen LogP contribution in [0.1, 0.15) is 57.8 Å². The van der Waals surface area contributed by atoms with E-state index in [9.17, 15) is 13.2 Å². The molecule has 278 valence electrons. The third kappa shape index (κ3) is 10.5. The summed E-state index contributed by atoms with van der Waals surface area (Å²) in [5.74, 6) is 1.92. The van der Waals surface area contributed by atoms with Crippen molar-refractivity contribution in [1.82, 2.24) is 25.3 Å². The lowest BCUT2D eigenvalue weighted by atomic mass is 9.96. The summed E-state index contributed by atoms with van der Waals surface area (Å²) in [4.78, 5) is 17.3. The number of piperidine rings is 1. The fourth-order valence-corrected chi connectivity index (χ4v) is 6.15. The number of likely N-dealkylation sites (tertiary alicyclic amines) is 1. The molecule has 4 heterocycles. The molecule has 2 aromatic heterocycles. The van der Waals surface area contributed by atoms with Gasteiger partial charge in [0.1, 0.15) is 29.5 Å². The van der Waals surface area contributed by atoms with Crippen molar-refractivity contribution in [2.24, 2.45) is 22.6 Å². The Balaban J connectivity index is 1.24. The summed E-state index contributed by atoms with van der Waals surface area (Å²) in [6, 6.07) is 3.46. The highest BCUT2D eigenvalue weighted by Gasteiger charge is 2.25. The summed E-state index contributed by atoms with van der Waals surface area (Å²) >= 11 is 6.50. The molecule has 1 aromatic carbocycles. The molecule has 5 rings (SSSR count). The van der Waals surface area contributed by atoms with Crippen LogP contribution in [0.2, 0.25) is 5.02 Å². The quantitative estimate of drug-likeness (QED) is 0.114. The minimum absolute atomic E-state index is 0.0196. The minimum atomic E-state index is -4.51. The zero-order chi connectivity index (χ0) is 36.7. The molecule has 0 aliphatic carbocycles. The Labute approximate surface area is 299 Å². The van der Waals surface area contributed by atoms with Gasteiger partial charge in [0.25, 0.3) is 5.88 Å². The lowest BCUT2D eigenvalue weighted by Crippen LogP contribution is -2.44. The van der Waals surface area contributed by atoms with Gasteiger partial charge in [-0.1, -0.05) is 32.4 Å². The van der Waals surface area contributed by atoms with E-state index in [4.69, 9.17) is 31.3 Å². The Kier molecular flexibility index (Phi) is 12.8. The minimum Gasteiger partial charge on any atom is -0.475 e. The summed E-state index contributed by atoms with van der Waals surface area (Å²) in [6.07, 6.45) is -0.393. The van der Waals surface area contributed by atoms with E-state index in [-0.39, 0.29) is 45.5 Å². The predicted molar refractivity (Wildman–Crippen MR) is 189 cm³/mol. The summed E-state index contributed by atoms with van der Waals surface area (Å²) in [5.41, 5.74) is 5.50. The van der Waals surface area contributed by atoms with Crippen molar-refractivity contribution < 1.29 is 31.6 Å². The van der Waals surface area contributed by atoms with Crippen molar-refractivity contribution in [2.45, 2.75) is 52.6 Å². The number of nitrogens with zero attached hydrogens (tertiary/aromatic N) is 6. The fraction of sp³-hybridized carbons (Fsp3) is 0.543. The van der Waals surface area contributed by atoms with Crippen LogP contribution in [-0.2, 0) is 0 Å². The highest BCUT2D eigenvalue weighted by Crippen LogP contribution is 2.34. The fourth-order valence-electron chi connectivity index (χ4n) is 5.91. The number of alkyl halides is 3. The van der Waals surface area contributed by atoms with E-state index in [0.29, 0.717) is 74.9 Å². The van der Waals surface area contributed by atoms with Gasteiger partial charge in [-0.05, 0) is 67.6 Å². The van der Waals surface area contributed by atoms with E-state index < -0.39 is 12.0 Å². The number of benzene rings is 1.